The van der Waals surface area contributed by atoms with E-state index in [2.05, 4.69) is 0 Å². The van der Waals surface area contributed by atoms with Crippen molar-refractivity contribution in [2.45, 2.75) is 6.35 Å². The lowest BCUT2D eigenvalue weighted by atomic mass is 10.2. The second-order valence-corrected chi connectivity index (χ2v) is 3.35. The average molecular weight is 190 g/mol. The average Bonchev–Trinajstić information content (AvgIpc) is 2.65. The molecule has 0 bridgehead atoms. The zero-order valence-corrected chi connectivity index (χ0v) is 7.73. The van der Waals surface area contributed by atoms with Crippen LogP contribution in [0.4, 0.5) is 5.69 Å². The minimum Gasteiger partial charge on any atom is -0.426 e. The molecule has 1 aromatic heterocycles. The van der Waals surface area contributed by atoms with Crippen LogP contribution in [0, 0.1) is 0 Å². The number of furan rings is 1. The van der Waals surface area contributed by atoms with E-state index in [-0.39, 0.29) is 0 Å². The first-order valence-electron chi connectivity index (χ1n) is 4.44. The number of nitrogens with two attached hydrogens (primary N) is 1. The molecule has 2 heterocycles. The number of benzene rings is 1. The first kappa shape index (κ1) is 7.70. The van der Waals surface area contributed by atoms with Gasteiger partial charge in [0, 0.05) is 12.4 Å². The third kappa shape index (κ3) is 0.807. The molecule has 2 N–H and O–H groups in total. The van der Waals surface area contributed by atoms with E-state index in [1.807, 2.05) is 36.2 Å². The summed E-state index contributed by atoms with van der Waals surface area (Å²) in [4.78, 5) is 1.86. The van der Waals surface area contributed by atoms with E-state index >= 15 is 0 Å². The fraction of sp³-hybridized carbons (Fsp3) is 0.200. The molecule has 4 heteroatoms. The Morgan fingerprint density at radius 3 is 3.00 bits per heavy atom. The van der Waals surface area contributed by atoms with Gasteiger partial charge in [0.15, 0.2) is 0 Å². The Balaban J connectivity index is 2.32. The maximum Gasteiger partial charge on any atom is 0.313 e. The molecule has 1 aliphatic rings. The summed E-state index contributed by atoms with van der Waals surface area (Å²) in [6.45, 7) is 0. The topological polar surface area (TPSA) is 51.6 Å². The van der Waals surface area contributed by atoms with Crippen LogP contribution < -0.4 is 15.4 Å². The molecule has 1 atom stereocenters. The van der Waals surface area contributed by atoms with Gasteiger partial charge in [-0.2, -0.15) is 0 Å². The van der Waals surface area contributed by atoms with Crippen molar-refractivity contribution < 1.29 is 9.15 Å². The third-order valence-corrected chi connectivity index (χ3v) is 2.50. The number of hydrogen-bond donors (Lipinski definition) is 1. The van der Waals surface area contributed by atoms with Gasteiger partial charge < -0.3 is 14.1 Å². The maximum absolute atomic E-state index is 5.71. The molecule has 0 fully saturated rings. The second kappa shape index (κ2) is 2.42. The predicted molar refractivity (Wildman–Crippen MR) is 53.2 cm³/mol. The maximum atomic E-state index is 5.71. The van der Waals surface area contributed by atoms with Gasteiger partial charge in [-0.25, -0.2) is 0 Å². The number of ether oxygens (including phenoxy) is 1. The standard InChI is InChI=1S/C10H10N2O2/c1-12-8-6-4-2-3-5-7(6)13-9(8)14-10(12)11/h2-5,10H,11H2,1H3. The zero-order valence-electron chi connectivity index (χ0n) is 7.73. The summed E-state index contributed by atoms with van der Waals surface area (Å²) in [5.41, 5.74) is 7.48. The van der Waals surface area contributed by atoms with Crippen molar-refractivity contribution in [2.24, 2.45) is 5.73 Å². The van der Waals surface area contributed by atoms with Crippen molar-refractivity contribution in [2.75, 3.05) is 11.9 Å². The highest BCUT2D eigenvalue weighted by Crippen LogP contribution is 2.43. The van der Waals surface area contributed by atoms with E-state index in [4.69, 9.17) is 14.9 Å². The molecule has 0 radical (unpaired) electrons. The molecule has 72 valence electrons. The van der Waals surface area contributed by atoms with E-state index in [9.17, 15) is 0 Å². The van der Waals surface area contributed by atoms with E-state index in [0.717, 1.165) is 16.7 Å². The Bertz CT molecular complexity index is 492. The van der Waals surface area contributed by atoms with Crippen molar-refractivity contribution >= 4 is 16.7 Å². The molecule has 4 nitrogen and oxygen atoms in total. The van der Waals surface area contributed by atoms with Crippen molar-refractivity contribution in [3.63, 3.8) is 0 Å². The smallest absolute Gasteiger partial charge is 0.313 e. The molecule has 1 unspecified atom stereocenters. The number of hydrogen-bond acceptors (Lipinski definition) is 4. The molecular formula is C10H10N2O2. The summed E-state index contributed by atoms with van der Waals surface area (Å²) in [6.07, 6.45) is -0.437. The minimum absolute atomic E-state index is 0.437. The van der Waals surface area contributed by atoms with E-state index in [0.29, 0.717) is 5.95 Å². The highest BCUT2D eigenvalue weighted by molar-refractivity contribution is 5.95. The van der Waals surface area contributed by atoms with Crippen molar-refractivity contribution in [1.29, 1.82) is 0 Å². The van der Waals surface area contributed by atoms with Gasteiger partial charge in [0.25, 0.3) is 0 Å². The molecule has 0 saturated carbocycles. The quantitative estimate of drug-likeness (QED) is 0.684. The van der Waals surface area contributed by atoms with Crippen LogP contribution in [0.25, 0.3) is 11.0 Å². The van der Waals surface area contributed by atoms with Gasteiger partial charge in [0.2, 0.25) is 6.35 Å². The SMILES string of the molecule is CN1c2c(oc3ccccc23)OC1N. The second-order valence-electron chi connectivity index (χ2n) is 3.35. The van der Waals surface area contributed by atoms with Gasteiger partial charge in [-0.1, -0.05) is 12.1 Å². The monoisotopic (exact) mass is 190 g/mol. The number of fused-ring (bicyclic) bond motifs is 3. The number of anilines is 1. The van der Waals surface area contributed by atoms with Crippen LogP contribution in [0.5, 0.6) is 5.95 Å². The fourth-order valence-corrected chi connectivity index (χ4v) is 1.74. The van der Waals surface area contributed by atoms with Crippen LogP contribution in [0.1, 0.15) is 0 Å². The summed E-state index contributed by atoms with van der Waals surface area (Å²) in [5, 5.41) is 1.04. The lowest BCUT2D eigenvalue weighted by Crippen LogP contribution is -2.39. The van der Waals surface area contributed by atoms with E-state index in [1.54, 1.807) is 0 Å². The number of rotatable bonds is 0. The Morgan fingerprint density at radius 1 is 1.36 bits per heavy atom. The molecule has 1 aliphatic heterocycles. The first-order chi connectivity index (χ1) is 6.77. The zero-order chi connectivity index (χ0) is 9.71. The Hall–Kier alpha value is -1.68. The molecule has 14 heavy (non-hydrogen) atoms. The van der Waals surface area contributed by atoms with Crippen LogP contribution in [0.3, 0.4) is 0 Å². The van der Waals surface area contributed by atoms with E-state index < -0.39 is 6.35 Å². The van der Waals surface area contributed by atoms with Gasteiger partial charge >= 0.3 is 5.95 Å². The number of para-hydroxylation sites is 1. The van der Waals surface area contributed by atoms with Crippen LogP contribution in [-0.2, 0) is 0 Å². The van der Waals surface area contributed by atoms with Crippen molar-refractivity contribution in [1.82, 2.24) is 0 Å². The normalized spacial score (nSPS) is 19.9. The van der Waals surface area contributed by atoms with Crippen LogP contribution in [0.2, 0.25) is 0 Å². The van der Waals surface area contributed by atoms with Gasteiger partial charge in [0.1, 0.15) is 11.3 Å². The molecular weight excluding hydrogens is 180 g/mol. The Kier molecular flexibility index (Phi) is 1.33. The molecule has 1 aromatic carbocycles. The third-order valence-electron chi connectivity index (χ3n) is 2.50. The number of nitrogens with zero attached hydrogens (tertiary/aromatic N) is 1. The van der Waals surface area contributed by atoms with Gasteiger partial charge in [-0.05, 0) is 12.1 Å². The molecule has 0 saturated heterocycles. The van der Waals surface area contributed by atoms with Crippen molar-refractivity contribution in [3.8, 4) is 5.95 Å². The molecule has 0 spiro atoms. The molecule has 3 rings (SSSR count). The summed E-state index contributed by atoms with van der Waals surface area (Å²) < 4.78 is 10.8. The van der Waals surface area contributed by atoms with Crippen LogP contribution in [-0.4, -0.2) is 13.4 Å². The van der Waals surface area contributed by atoms with Crippen molar-refractivity contribution in [3.05, 3.63) is 24.3 Å². The Morgan fingerprint density at radius 2 is 2.14 bits per heavy atom. The minimum atomic E-state index is -0.437. The van der Waals surface area contributed by atoms with Gasteiger partial charge in [-0.15, -0.1) is 0 Å². The summed E-state index contributed by atoms with van der Waals surface area (Å²) in [5.74, 6) is 0.515. The summed E-state index contributed by atoms with van der Waals surface area (Å²) in [7, 11) is 1.89. The lowest BCUT2D eigenvalue weighted by molar-refractivity contribution is 0.194. The first-order valence-corrected chi connectivity index (χ1v) is 4.44. The van der Waals surface area contributed by atoms with Crippen LogP contribution in [0.15, 0.2) is 28.7 Å². The van der Waals surface area contributed by atoms with Crippen LogP contribution >= 0.6 is 0 Å². The van der Waals surface area contributed by atoms with Gasteiger partial charge in [-0.3, -0.25) is 5.73 Å². The largest absolute Gasteiger partial charge is 0.426 e. The highest BCUT2D eigenvalue weighted by atomic mass is 16.6. The molecule has 0 amide bonds. The lowest BCUT2D eigenvalue weighted by Gasteiger charge is -2.15. The summed E-state index contributed by atoms with van der Waals surface area (Å²) >= 11 is 0. The van der Waals surface area contributed by atoms with Gasteiger partial charge in [0.05, 0.1) is 0 Å². The highest BCUT2D eigenvalue weighted by Gasteiger charge is 2.31. The summed E-state index contributed by atoms with van der Waals surface area (Å²) in [6, 6.07) is 7.81. The fourth-order valence-electron chi connectivity index (χ4n) is 1.74. The molecule has 2 aromatic rings. The molecule has 0 aliphatic carbocycles. The Labute approximate surface area is 80.8 Å². The van der Waals surface area contributed by atoms with E-state index in [1.165, 1.54) is 0 Å². The predicted octanol–water partition coefficient (Wildman–Crippen LogP) is 1.50.